The lowest BCUT2D eigenvalue weighted by atomic mass is 9.78. The van der Waals surface area contributed by atoms with E-state index in [1.807, 2.05) is 121 Å². The molecule has 0 saturated carbocycles. The van der Waals surface area contributed by atoms with E-state index in [2.05, 4.69) is 96.9 Å². The van der Waals surface area contributed by atoms with Crippen molar-refractivity contribution in [2.24, 2.45) is 65.1 Å². The average Bonchev–Trinajstić information content (AvgIpc) is 0.775. The molecule has 0 spiro atoms. The van der Waals surface area contributed by atoms with Crippen molar-refractivity contribution < 1.29 is 85.7 Å². The van der Waals surface area contributed by atoms with Crippen LogP contribution in [0.4, 0.5) is 0 Å². The summed E-state index contributed by atoms with van der Waals surface area (Å²) in [6.07, 6.45) is -11.6. The van der Waals surface area contributed by atoms with E-state index in [4.69, 9.17) is 75.8 Å². The first-order valence-electron chi connectivity index (χ1n) is 36.8. The fourth-order valence-electron chi connectivity index (χ4n) is 15.4. The van der Waals surface area contributed by atoms with Gasteiger partial charge in [-0.15, -0.1) is 0 Å². The Balaban J connectivity index is 0.950. The quantitative estimate of drug-likeness (QED) is 0.0506. The van der Waals surface area contributed by atoms with Gasteiger partial charge in [0.2, 0.25) is 0 Å². The van der Waals surface area contributed by atoms with Crippen LogP contribution in [0.5, 0.6) is 0 Å². The lowest BCUT2D eigenvalue weighted by molar-refractivity contribution is -0.392. The van der Waals surface area contributed by atoms with Gasteiger partial charge in [-0.3, -0.25) is 4.79 Å². The number of esters is 1. The number of carbonyl (C=O) groups is 1. The first-order chi connectivity index (χ1) is 47.3. The molecule has 6 fully saturated rings. The van der Waals surface area contributed by atoms with Crippen molar-refractivity contribution in [3.8, 4) is 0 Å². The van der Waals surface area contributed by atoms with Crippen LogP contribution in [0.25, 0.3) is 0 Å². The normalized spacial score (nSPS) is 40.0. The Bertz CT molecular complexity index is 2950. The molecule has 4 aromatic carbocycles. The topological polar surface area (TPSA) is 185 Å². The third-order valence-corrected chi connectivity index (χ3v) is 23.0. The number of carbonyl (C=O) groups excluding carboxylic acids is 1. The summed E-state index contributed by atoms with van der Waals surface area (Å²) < 4.78 is 111. The Morgan fingerprint density at radius 1 is 0.327 bits per heavy atom. The number of aliphatic hydroxyl groups excluding tert-OH is 1. The fourth-order valence-corrected chi connectivity index (χ4v) is 15.4. The third-order valence-electron chi connectivity index (χ3n) is 23.0. The van der Waals surface area contributed by atoms with Crippen LogP contribution >= 0.6 is 0 Å². The zero-order valence-electron chi connectivity index (χ0n) is 60.8. The summed E-state index contributed by atoms with van der Waals surface area (Å²) in [5.74, 6) is -0.667. The summed E-state index contributed by atoms with van der Waals surface area (Å²) in [7, 11) is 0. The standard InChI is InChI=1S/C80H116O18/c1-16-62-47(5)46(4)54(12)75(89-62)87-45-66-68(82)73(74(85-41-60-35-27-21-28-36-60)80(93-66)96-70-52(10)55(13)76(86-42-61-37-29-22-30-38-61)94-67(70)44-84-40-59-33-25-20-26-34-59)98-79-72(50(8)48(6)63(17-2)90-79)97-77-56(14)53(11)69(64(18-3)91-77)95-78-71(88-57(15)81)51(9)49(7)65(92-78)43-83-39-58-31-23-19-24-32-58/h19-38,46-56,62-80,82H,16-18,39-45H2,1-15H3/t46-,47-,48+,49+,50?,51-,52+,53+,54?,55?,56?,62?,63?,64?,65?,66?,67?,68+,69-,70-,71?,72-,73-,74?,75-,76+,77-,78-,79-,80-/m0/s1. The van der Waals surface area contributed by atoms with E-state index >= 15 is 0 Å². The lowest BCUT2D eigenvalue weighted by Gasteiger charge is -2.52. The lowest BCUT2D eigenvalue weighted by Crippen LogP contribution is -2.65. The summed E-state index contributed by atoms with van der Waals surface area (Å²) in [6, 6.07) is 40.1. The number of hydrogen-bond acceptors (Lipinski definition) is 18. The molecule has 6 aliphatic heterocycles. The minimum Gasteiger partial charge on any atom is -0.457 e. The van der Waals surface area contributed by atoms with Gasteiger partial charge in [0.15, 0.2) is 43.8 Å². The molecular weight excluding hydrogens is 1250 g/mol. The Hall–Kier alpha value is -4.29. The van der Waals surface area contributed by atoms with E-state index in [-0.39, 0.29) is 91.4 Å². The summed E-state index contributed by atoms with van der Waals surface area (Å²) in [5.41, 5.74) is 4.02. The van der Waals surface area contributed by atoms with E-state index < -0.39 is 105 Å². The molecule has 0 aromatic heterocycles. The second-order valence-electron chi connectivity index (χ2n) is 29.3. The van der Waals surface area contributed by atoms with Crippen LogP contribution in [-0.4, -0.2) is 148 Å². The van der Waals surface area contributed by atoms with Crippen LogP contribution in [0, 0.1) is 65.1 Å². The Labute approximate surface area is 584 Å². The van der Waals surface area contributed by atoms with E-state index in [1.165, 1.54) is 6.92 Å². The van der Waals surface area contributed by atoms with Gasteiger partial charge in [0.05, 0.1) is 82.9 Å². The molecule has 0 radical (unpaired) electrons. The molecule has 18 nitrogen and oxygen atoms in total. The van der Waals surface area contributed by atoms with Gasteiger partial charge in [0.1, 0.15) is 36.6 Å². The predicted octanol–water partition coefficient (Wildman–Crippen LogP) is 13.6. The molecule has 30 atom stereocenters. The van der Waals surface area contributed by atoms with Gasteiger partial charge in [-0.05, 0) is 82.9 Å². The highest BCUT2D eigenvalue weighted by molar-refractivity contribution is 5.66. The summed E-state index contributed by atoms with van der Waals surface area (Å²) in [6.45, 7) is 33.3. The van der Waals surface area contributed by atoms with Gasteiger partial charge in [0.25, 0.3) is 0 Å². The Morgan fingerprint density at radius 3 is 1.22 bits per heavy atom. The van der Waals surface area contributed by atoms with Crippen LogP contribution in [0.3, 0.4) is 0 Å². The van der Waals surface area contributed by atoms with Gasteiger partial charge < -0.3 is 80.9 Å². The first-order valence-corrected chi connectivity index (χ1v) is 36.8. The molecule has 6 aliphatic rings. The number of hydrogen-bond donors (Lipinski definition) is 1. The molecule has 18 heteroatoms. The largest absolute Gasteiger partial charge is 0.457 e. The van der Waals surface area contributed by atoms with Gasteiger partial charge in [-0.25, -0.2) is 0 Å². The highest BCUT2D eigenvalue weighted by Crippen LogP contribution is 2.45. The van der Waals surface area contributed by atoms with Crippen molar-refractivity contribution in [3.63, 3.8) is 0 Å². The van der Waals surface area contributed by atoms with E-state index in [1.54, 1.807) is 0 Å². The third kappa shape index (κ3) is 18.7. The summed E-state index contributed by atoms with van der Waals surface area (Å²) >= 11 is 0. The maximum Gasteiger partial charge on any atom is 0.303 e. The zero-order valence-corrected chi connectivity index (χ0v) is 60.8. The maximum absolute atomic E-state index is 13.3. The van der Waals surface area contributed by atoms with Crippen LogP contribution < -0.4 is 0 Å². The second kappa shape index (κ2) is 36.2. The van der Waals surface area contributed by atoms with Crippen molar-refractivity contribution in [1.82, 2.24) is 0 Å². The molecule has 0 amide bonds. The number of rotatable bonds is 29. The maximum atomic E-state index is 13.3. The van der Waals surface area contributed by atoms with E-state index in [0.29, 0.717) is 51.1 Å². The summed E-state index contributed by atoms with van der Waals surface area (Å²) in [4.78, 5) is 12.8. The Morgan fingerprint density at radius 2 is 0.684 bits per heavy atom. The van der Waals surface area contributed by atoms with Crippen LogP contribution in [0.15, 0.2) is 121 Å². The van der Waals surface area contributed by atoms with Crippen molar-refractivity contribution in [2.75, 3.05) is 19.8 Å². The fraction of sp³-hybridized carbons (Fsp3) is 0.688. The molecule has 0 aliphatic carbocycles. The SMILES string of the molecule is CCC1O[C@@H](O[C@@H]2C(OCc3ccccc3)[C@H](O[C@@H]3C(COCc4ccccc4)O[C@@H](OCc4ccccc4)C(C)[C@H]3C)OC(CO[C@H]3OC(CC)[C@@H](C)[C@H](C)C3C)[C@H]2O)[C@@H](O[C@@H]2OC(CC)[C@@H](O[C@@H]3OC(COCc4ccccc4)[C@H](C)[C@H](C)C3OC(C)=O)[C@H](C)C2C)C(C)[C@H]1C. The molecule has 6 saturated heterocycles. The van der Waals surface area contributed by atoms with Gasteiger partial charge in [-0.2, -0.15) is 0 Å². The molecule has 0 bridgehead atoms. The van der Waals surface area contributed by atoms with Crippen molar-refractivity contribution in [2.45, 2.75) is 267 Å². The second-order valence-corrected chi connectivity index (χ2v) is 29.3. The highest BCUT2D eigenvalue weighted by Gasteiger charge is 2.56. The molecular formula is C80H116O18. The van der Waals surface area contributed by atoms with Crippen LogP contribution in [0.1, 0.15) is 145 Å². The summed E-state index contributed by atoms with van der Waals surface area (Å²) in [5, 5.41) is 13.3. The van der Waals surface area contributed by atoms with E-state index in [9.17, 15) is 9.90 Å². The zero-order chi connectivity index (χ0) is 69.7. The van der Waals surface area contributed by atoms with Gasteiger partial charge in [0, 0.05) is 30.6 Å². The first kappa shape index (κ1) is 76.4. The number of benzene rings is 4. The van der Waals surface area contributed by atoms with Crippen LogP contribution in [-0.2, 0) is 107 Å². The smallest absolute Gasteiger partial charge is 0.303 e. The average molecular weight is 1370 g/mol. The number of aliphatic hydroxyl groups is 1. The van der Waals surface area contributed by atoms with Crippen molar-refractivity contribution in [3.05, 3.63) is 144 Å². The van der Waals surface area contributed by atoms with Gasteiger partial charge >= 0.3 is 5.97 Å². The molecule has 98 heavy (non-hydrogen) atoms. The molecule has 12 unspecified atom stereocenters. The predicted molar refractivity (Wildman–Crippen MR) is 369 cm³/mol. The minimum atomic E-state index is -1.35. The molecule has 1 N–H and O–H groups in total. The number of ether oxygens (including phenoxy) is 16. The van der Waals surface area contributed by atoms with Crippen molar-refractivity contribution in [1.29, 1.82) is 0 Å². The minimum absolute atomic E-state index is 0.00795. The molecule has 10 rings (SSSR count). The molecule has 544 valence electrons. The Kier molecular flexibility index (Phi) is 28.2. The highest BCUT2D eigenvalue weighted by atomic mass is 16.8. The van der Waals surface area contributed by atoms with Gasteiger partial charge in [-0.1, -0.05) is 218 Å². The molecule has 6 heterocycles. The molecule has 4 aromatic rings. The van der Waals surface area contributed by atoms with E-state index in [0.717, 1.165) is 28.7 Å². The van der Waals surface area contributed by atoms with Crippen LogP contribution in [0.2, 0.25) is 0 Å². The van der Waals surface area contributed by atoms with Crippen molar-refractivity contribution >= 4 is 5.97 Å². The monoisotopic (exact) mass is 1360 g/mol.